The second kappa shape index (κ2) is 7.12. The van der Waals surface area contributed by atoms with Crippen LogP contribution in [0.5, 0.6) is 0 Å². The molecule has 0 unspecified atom stereocenters. The van der Waals surface area contributed by atoms with Gasteiger partial charge >= 0.3 is 0 Å². The molecule has 0 aliphatic heterocycles. The van der Waals surface area contributed by atoms with Crippen LogP contribution < -0.4 is 5.32 Å². The number of halogens is 2. The molecule has 2 heterocycles. The fourth-order valence-electron chi connectivity index (χ4n) is 1.92. The summed E-state index contributed by atoms with van der Waals surface area (Å²) < 4.78 is 7.33. The van der Waals surface area contributed by atoms with Crippen LogP contribution in [0.1, 0.15) is 6.92 Å². The van der Waals surface area contributed by atoms with Crippen molar-refractivity contribution in [2.75, 3.05) is 18.5 Å². The van der Waals surface area contributed by atoms with E-state index in [0.717, 1.165) is 6.04 Å². The molecule has 2 rings (SSSR count). The summed E-state index contributed by atoms with van der Waals surface area (Å²) in [5.41, 5.74) is 0.578. The number of fused-ring (bicyclic) bond motifs is 1. The minimum absolute atomic E-state index is 0.156. The number of ether oxygens (including phenoxy) is 1. The first-order chi connectivity index (χ1) is 10.3. The Balaban J connectivity index is 2.20. The van der Waals surface area contributed by atoms with Gasteiger partial charge in [0.15, 0.2) is 10.8 Å². The molecule has 0 fully saturated rings. The zero-order valence-electron chi connectivity index (χ0n) is 13.3. The highest BCUT2D eigenvalue weighted by Crippen LogP contribution is 2.28. The first-order valence-electron chi connectivity index (χ1n) is 7.23. The fourth-order valence-corrected chi connectivity index (χ4v) is 3.10. The van der Waals surface area contributed by atoms with Crippen molar-refractivity contribution in [3.8, 4) is 0 Å². The maximum absolute atomic E-state index is 6.21. The number of anilines is 1. The summed E-state index contributed by atoms with van der Waals surface area (Å²) in [6.45, 7) is 10.6. The van der Waals surface area contributed by atoms with Gasteiger partial charge in [-0.1, -0.05) is 31.2 Å². The molecule has 0 atom stereocenters. The Bertz CT molecular complexity index is 656. The summed E-state index contributed by atoms with van der Waals surface area (Å²) in [4.78, 5) is 8.39. The Kier molecular flexibility index (Phi) is 5.65. The molecular weight excluding hydrogens is 341 g/mol. The van der Waals surface area contributed by atoms with Crippen molar-refractivity contribution in [3.63, 3.8) is 0 Å². The van der Waals surface area contributed by atoms with E-state index in [4.69, 9.17) is 27.9 Å². The molecule has 0 spiro atoms. The standard InChI is InChI=1S/C13H21Cl2N5OSi/c1-5-16-11-9-10(14)19-20(12(9)18-13(15)17-11)8-21-6-7-22(2,3)4/h5-8H2,1-4H3,(H,16,17,18). The Hall–Kier alpha value is -0.893. The van der Waals surface area contributed by atoms with Crippen LogP contribution in [0.3, 0.4) is 0 Å². The molecule has 0 aromatic carbocycles. The van der Waals surface area contributed by atoms with E-state index < -0.39 is 8.07 Å². The van der Waals surface area contributed by atoms with E-state index in [9.17, 15) is 0 Å². The molecule has 122 valence electrons. The lowest BCUT2D eigenvalue weighted by Crippen LogP contribution is -2.22. The van der Waals surface area contributed by atoms with Crippen molar-refractivity contribution in [2.24, 2.45) is 0 Å². The first kappa shape index (κ1) is 17.5. The smallest absolute Gasteiger partial charge is 0.226 e. The topological polar surface area (TPSA) is 64.9 Å². The van der Waals surface area contributed by atoms with Gasteiger partial charge in [0.1, 0.15) is 17.9 Å². The van der Waals surface area contributed by atoms with Crippen molar-refractivity contribution < 1.29 is 4.74 Å². The number of hydrogen-bond donors (Lipinski definition) is 1. The average molecular weight is 362 g/mol. The van der Waals surface area contributed by atoms with Crippen LogP contribution in [0.2, 0.25) is 36.1 Å². The molecular formula is C13H21Cl2N5OSi. The Morgan fingerprint density at radius 1 is 1.23 bits per heavy atom. The average Bonchev–Trinajstić information content (AvgIpc) is 2.70. The second-order valence-electron chi connectivity index (χ2n) is 6.21. The molecule has 1 N–H and O–H groups in total. The van der Waals surface area contributed by atoms with Crippen LogP contribution >= 0.6 is 23.2 Å². The van der Waals surface area contributed by atoms with Crippen LogP contribution in [0.4, 0.5) is 5.82 Å². The lowest BCUT2D eigenvalue weighted by molar-refractivity contribution is 0.0813. The van der Waals surface area contributed by atoms with E-state index in [1.54, 1.807) is 4.68 Å². The van der Waals surface area contributed by atoms with Gasteiger partial charge < -0.3 is 10.1 Å². The van der Waals surface area contributed by atoms with Crippen LogP contribution in [-0.2, 0) is 11.5 Å². The van der Waals surface area contributed by atoms with Crippen molar-refractivity contribution >= 4 is 48.1 Å². The van der Waals surface area contributed by atoms with Gasteiger partial charge in [0.25, 0.3) is 0 Å². The van der Waals surface area contributed by atoms with Crippen LogP contribution in [-0.4, -0.2) is 41.0 Å². The molecule has 6 nitrogen and oxygen atoms in total. The van der Waals surface area contributed by atoms with Crippen molar-refractivity contribution in [1.29, 1.82) is 0 Å². The van der Waals surface area contributed by atoms with E-state index in [1.807, 2.05) is 6.92 Å². The highest BCUT2D eigenvalue weighted by Gasteiger charge is 2.17. The SMILES string of the molecule is CCNc1nc(Cl)nc2c1c(Cl)nn2COCC[Si](C)(C)C. The lowest BCUT2D eigenvalue weighted by atomic mass is 10.4. The van der Waals surface area contributed by atoms with Crippen molar-refractivity contribution in [2.45, 2.75) is 39.3 Å². The number of rotatable bonds is 7. The predicted octanol–water partition coefficient (Wildman–Crippen LogP) is 3.88. The molecule has 2 aromatic heterocycles. The summed E-state index contributed by atoms with van der Waals surface area (Å²) >= 11 is 12.2. The summed E-state index contributed by atoms with van der Waals surface area (Å²) in [6.07, 6.45) is 0. The highest BCUT2D eigenvalue weighted by molar-refractivity contribution is 6.76. The van der Waals surface area contributed by atoms with Gasteiger partial charge in [0.05, 0.1) is 0 Å². The zero-order chi connectivity index (χ0) is 16.3. The molecule has 2 aromatic rings. The van der Waals surface area contributed by atoms with Crippen molar-refractivity contribution in [3.05, 3.63) is 10.4 Å². The summed E-state index contributed by atoms with van der Waals surface area (Å²) in [6, 6.07) is 1.10. The molecule has 0 amide bonds. The molecule has 0 radical (unpaired) electrons. The van der Waals surface area contributed by atoms with Gasteiger partial charge in [-0.25, -0.2) is 4.68 Å². The third kappa shape index (κ3) is 4.31. The van der Waals surface area contributed by atoms with E-state index in [1.165, 1.54) is 0 Å². The summed E-state index contributed by atoms with van der Waals surface area (Å²) in [5, 5.41) is 8.57. The molecule has 0 bridgehead atoms. The molecule has 22 heavy (non-hydrogen) atoms. The molecule has 9 heteroatoms. The normalized spacial score (nSPS) is 12.1. The summed E-state index contributed by atoms with van der Waals surface area (Å²) in [7, 11) is -1.11. The highest BCUT2D eigenvalue weighted by atomic mass is 35.5. The number of hydrogen-bond acceptors (Lipinski definition) is 5. The van der Waals surface area contributed by atoms with Crippen LogP contribution in [0.25, 0.3) is 11.0 Å². The van der Waals surface area contributed by atoms with E-state index in [2.05, 4.69) is 40.0 Å². The molecule has 0 saturated heterocycles. The van der Waals surface area contributed by atoms with Gasteiger partial charge in [-0.2, -0.15) is 15.1 Å². The fraction of sp³-hybridized carbons (Fsp3) is 0.615. The number of nitrogens with one attached hydrogen (secondary N) is 1. The van der Waals surface area contributed by atoms with Gasteiger partial charge in [0.2, 0.25) is 5.28 Å². The minimum atomic E-state index is -1.11. The second-order valence-corrected chi connectivity index (χ2v) is 12.5. The quantitative estimate of drug-likeness (QED) is 0.460. The van der Waals surface area contributed by atoms with Gasteiger partial charge in [-0.15, -0.1) is 0 Å². The monoisotopic (exact) mass is 361 g/mol. The Morgan fingerprint density at radius 3 is 2.59 bits per heavy atom. The number of nitrogens with zero attached hydrogens (tertiary/aromatic N) is 4. The van der Waals surface area contributed by atoms with Crippen LogP contribution in [0, 0.1) is 0 Å². The zero-order valence-corrected chi connectivity index (χ0v) is 15.8. The molecule has 0 saturated carbocycles. The van der Waals surface area contributed by atoms with Crippen molar-refractivity contribution in [1.82, 2.24) is 19.7 Å². The largest absolute Gasteiger partial charge is 0.370 e. The molecule has 0 aliphatic carbocycles. The lowest BCUT2D eigenvalue weighted by Gasteiger charge is -2.15. The Labute approximate surface area is 141 Å². The maximum atomic E-state index is 6.21. The van der Waals surface area contributed by atoms with E-state index in [0.29, 0.717) is 41.9 Å². The van der Waals surface area contributed by atoms with Gasteiger partial charge in [0, 0.05) is 21.2 Å². The Morgan fingerprint density at radius 2 is 1.95 bits per heavy atom. The van der Waals surface area contributed by atoms with E-state index in [-0.39, 0.29) is 5.28 Å². The van der Waals surface area contributed by atoms with Crippen LogP contribution in [0.15, 0.2) is 0 Å². The van der Waals surface area contributed by atoms with Gasteiger partial charge in [-0.05, 0) is 24.6 Å². The first-order valence-corrected chi connectivity index (χ1v) is 11.7. The van der Waals surface area contributed by atoms with E-state index >= 15 is 0 Å². The third-order valence-corrected chi connectivity index (χ3v) is 5.21. The summed E-state index contributed by atoms with van der Waals surface area (Å²) in [5.74, 6) is 0.593. The minimum Gasteiger partial charge on any atom is -0.370 e. The molecule has 0 aliphatic rings. The third-order valence-electron chi connectivity index (χ3n) is 3.08. The predicted molar refractivity (Wildman–Crippen MR) is 93.6 cm³/mol. The maximum Gasteiger partial charge on any atom is 0.226 e. The number of aromatic nitrogens is 4. The van der Waals surface area contributed by atoms with Gasteiger partial charge in [-0.3, -0.25) is 0 Å².